The average Bonchev–Trinajstić information content (AvgIpc) is 2.83. The van der Waals surface area contributed by atoms with Gasteiger partial charge in [-0.1, -0.05) is 44.9 Å². The molecule has 0 aliphatic heterocycles. The fraction of sp³-hybridized carbons (Fsp3) is 0.586. The van der Waals surface area contributed by atoms with Crippen LogP contribution in [0.25, 0.3) is 0 Å². The maximum Gasteiger partial charge on any atom is 0.408 e. The number of rotatable bonds is 12. The summed E-state index contributed by atoms with van der Waals surface area (Å²) >= 11 is 0. The summed E-state index contributed by atoms with van der Waals surface area (Å²) in [5.74, 6) is 0.911. The van der Waals surface area contributed by atoms with E-state index in [2.05, 4.69) is 16.6 Å². The molecule has 3 unspecified atom stereocenters. The van der Waals surface area contributed by atoms with Crippen molar-refractivity contribution in [1.82, 2.24) is 15.5 Å². The largest absolute Gasteiger partial charge is 0.466 e. The van der Waals surface area contributed by atoms with Crippen LogP contribution in [0.2, 0.25) is 0 Å². The van der Waals surface area contributed by atoms with E-state index in [1.807, 2.05) is 13.8 Å². The van der Waals surface area contributed by atoms with Crippen molar-refractivity contribution in [2.45, 2.75) is 92.0 Å². The lowest BCUT2D eigenvalue weighted by atomic mass is 9.94. The fourth-order valence-corrected chi connectivity index (χ4v) is 3.81. The van der Waals surface area contributed by atoms with E-state index in [-0.39, 0.29) is 25.5 Å². The molecule has 0 saturated heterocycles. The Balaban J connectivity index is 3.52. The van der Waals surface area contributed by atoms with Crippen LogP contribution in [0.5, 0.6) is 0 Å². The van der Waals surface area contributed by atoms with Crippen LogP contribution < -0.4 is 10.6 Å². The van der Waals surface area contributed by atoms with E-state index in [1.54, 1.807) is 65.8 Å². The maximum absolute atomic E-state index is 14.1. The molecule has 0 saturated carbocycles. The van der Waals surface area contributed by atoms with Crippen LogP contribution in [-0.2, 0) is 23.9 Å². The number of hydrogen-bond donors (Lipinski definition) is 2. The third kappa shape index (κ3) is 9.73. The Bertz CT molecular complexity index is 1010. The molecule has 0 fully saturated rings. The van der Waals surface area contributed by atoms with Crippen molar-refractivity contribution in [3.05, 3.63) is 35.4 Å². The molecule has 1 aromatic carbocycles. The predicted molar refractivity (Wildman–Crippen MR) is 146 cm³/mol. The Hall–Kier alpha value is -3.54. The summed E-state index contributed by atoms with van der Waals surface area (Å²) in [5.41, 5.74) is 0.176. The number of esters is 1. The number of benzene rings is 1. The summed E-state index contributed by atoms with van der Waals surface area (Å²) in [4.78, 5) is 53.7. The summed E-state index contributed by atoms with van der Waals surface area (Å²) in [5, 5.41) is 5.45. The fourth-order valence-electron chi connectivity index (χ4n) is 3.81. The van der Waals surface area contributed by atoms with Crippen molar-refractivity contribution in [1.29, 1.82) is 0 Å². The molecule has 0 aliphatic carbocycles. The Morgan fingerprint density at radius 2 is 1.71 bits per heavy atom. The van der Waals surface area contributed by atoms with Crippen molar-refractivity contribution < 1.29 is 28.7 Å². The van der Waals surface area contributed by atoms with Gasteiger partial charge < -0.3 is 25.0 Å². The van der Waals surface area contributed by atoms with E-state index < -0.39 is 47.6 Å². The molecular formula is C29H43N3O6. The summed E-state index contributed by atoms with van der Waals surface area (Å²) in [6, 6.07) is 4.44. The average molecular weight is 530 g/mol. The van der Waals surface area contributed by atoms with Gasteiger partial charge in [-0.2, -0.15) is 0 Å². The first kappa shape index (κ1) is 32.5. The quantitative estimate of drug-likeness (QED) is 0.313. The number of hydrogen-bond acceptors (Lipinski definition) is 6. The topological polar surface area (TPSA) is 114 Å². The zero-order chi connectivity index (χ0) is 29.0. The summed E-state index contributed by atoms with van der Waals surface area (Å²) < 4.78 is 10.3. The van der Waals surface area contributed by atoms with E-state index in [1.165, 1.54) is 4.90 Å². The number of carbonyl (C=O) groups excluding carboxylic acids is 4. The van der Waals surface area contributed by atoms with Crippen LogP contribution in [0, 0.1) is 18.3 Å². The number of nitrogens with zero attached hydrogens (tertiary/aromatic N) is 1. The van der Waals surface area contributed by atoms with Crippen molar-refractivity contribution in [2.24, 2.45) is 5.92 Å². The highest BCUT2D eigenvalue weighted by Crippen LogP contribution is 2.29. The number of terminal acetylenes is 1. The lowest BCUT2D eigenvalue weighted by Crippen LogP contribution is -2.57. The molecule has 3 amide bonds. The van der Waals surface area contributed by atoms with Crippen LogP contribution >= 0.6 is 0 Å². The highest BCUT2D eigenvalue weighted by Gasteiger charge is 2.40. The predicted octanol–water partition coefficient (Wildman–Crippen LogP) is 3.95. The standard InChI is InChI=1S/C29H43N3O6/c1-10-20(6)32(27(35)24(19(4)5)31-28(36)38-29(7,8)9)25(22-16-14-13-15-21(22)11-2)26(34)30-18-17-23(33)37-12-3/h2,13-16,19-20,24-25H,10,12,17-18H2,1,3-9H3,(H,30,34)(H,31,36). The molecule has 0 bridgehead atoms. The van der Waals surface area contributed by atoms with E-state index in [0.29, 0.717) is 17.5 Å². The Labute approximate surface area is 227 Å². The van der Waals surface area contributed by atoms with Crippen molar-refractivity contribution >= 4 is 23.9 Å². The third-order valence-corrected chi connectivity index (χ3v) is 5.80. The molecule has 9 nitrogen and oxygen atoms in total. The monoisotopic (exact) mass is 529 g/mol. The van der Waals surface area contributed by atoms with Gasteiger partial charge in [-0.15, -0.1) is 6.42 Å². The summed E-state index contributed by atoms with van der Waals surface area (Å²) in [6.07, 6.45) is 5.55. The first-order chi connectivity index (χ1) is 17.8. The normalized spacial score (nSPS) is 13.5. The Morgan fingerprint density at radius 1 is 1.08 bits per heavy atom. The lowest BCUT2D eigenvalue weighted by molar-refractivity contribution is -0.146. The van der Waals surface area contributed by atoms with Crippen LogP contribution in [0.15, 0.2) is 24.3 Å². The molecule has 38 heavy (non-hydrogen) atoms. The molecule has 1 aromatic rings. The molecule has 1 rings (SSSR count). The second-order valence-corrected chi connectivity index (χ2v) is 10.4. The van der Waals surface area contributed by atoms with Gasteiger partial charge in [0.1, 0.15) is 17.7 Å². The number of nitrogens with one attached hydrogen (secondary N) is 2. The smallest absolute Gasteiger partial charge is 0.408 e. The zero-order valence-electron chi connectivity index (χ0n) is 23.9. The van der Waals surface area contributed by atoms with Crippen molar-refractivity contribution in [3.63, 3.8) is 0 Å². The van der Waals surface area contributed by atoms with Gasteiger partial charge in [0.25, 0.3) is 0 Å². The number of carbonyl (C=O) groups is 4. The highest BCUT2D eigenvalue weighted by atomic mass is 16.6. The van der Waals surface area contributed by atoms with Gasteiger partial charge >= 0.3 is 12.1 Å². The highest BCUT2D eigenvalue weighted by molar-refractivity contribution is 5.93. The molecule has 0 radical (unpaired) electrons. The molecular weight excluding hydrogens is 486 g/mol. The van der Waals surface area contributed by atoms with Gasteiger partial charge in [0, 0.05) is 18.2 Å². The minimum Gasteiger partial charge on any atom is -0.466 e. The van der Waals surface area contributed by atoms with E-state index in [4.69, 9.17) is 15.9 Å². The second-order valence-electron chi connectivity index (χ2n) is 10.4. The first-order valence-corrected chi connectivity index (χ1v) is 13.1. The molecule has 210 valence electrons. The van der Waals surface area contributed by atoms with Gasteiger partial charge in [-0.25, -0.2) is 4.79 Å². The molecule has 2 N–H and O–H groups in total. The SMILES string of the molecule is C#Cc1ccccc1C(C(=O)NCCC(=O)OCC)N(C(=O)C(NC(=O)OC(C)(C)C)C(C)C)C(C)CC. The maximum atomic E-state index is 14.1. The summed E-state index contributed by atoms with van der Waals surface area (Å²) in [7, 11) is 0. The van der Waals surface area contributed by atoms with Crippen LogP contribution in [0.1, 0.15) is 85.4 Å². The van der Waals surface area contributed by atoms with E-state index >= 15 is 0 Å². The molecule has 0 spiro atoms. The van der Waals surface area contributed by atoms with Crippen molar-refractivity contribution in [3.8, 4) is 12.3 Å². The van der Waals surface area contributed by atoms with Gasteiger partial charge in [-0.05, 0) is 58.6 Å². The molecule has 0 heterocycles. The third-order valence-electron chi connectivity index (χ3n) is 5.80. The van der Waals surface area contributed by atoms with Crippen LogP contribution in [0.4, 0.5) is 4.79 Å². The van der Waals surface area contributed by atoms with E-state index in [0.717, 1.165) is 0 Å². The summed E-state index contributed by atoms with van der Waals surface area (Å²) in [6.45, 7) is 14.5. The Morgan fingerprint density at radius 3 is 2.24 bits per heavy atom. The second kappa shape index (κ2) is 15.0. The Kier molecular flexibility index (Phi) is 12.8. The number of alkyl carbamates (subject to hydrolysis) is 1. The zero-order valence-corrected chi connectivity index (χ0v) is 23.9. The first-order valence-electron chi connectivity index (χ1n) is 13.1. The number of amides is 3. The molecule has 0 aliphatic rings. The van der Waals surface area contributed by atoms with Gasteiger partial charge in [0.15, 0.2) is 0 Å². The van der Waals surface area contributed by atoms with E-state index in [9.17, 15) is 19.2 Å². The molecule has 3 atom stereocenters. The van der Waals surface area contributed by atoms with Crippen LogP contribution in [0.3, 0.4) is 0 Å². The van der Waals surface area contributed by atoms with Gasteiger partial charge in [-0.3, -0.25) is 14.4 Å². The molecule has 9 heteroatoms. The van der Waals surface area contributed by atoms with Gasteiger partial charge in [0.2, 0.25) is 11.8 Å². The van der Waals surface area contributed by atoms with Crippen LogP contribution in [-0.4, -0.2) is 59.6 Å². The number of ether oxygens (including phenoxy) is 2. The molecule has 0 aromatic heterocycles. The van der Waals surface area contributed by atoms with Crippen molar-refractivity contribution in [2.75, 3.05) is 13.2 Å². The minimum absolute atomic E-state index is 0.0187. The minimum atomic E-state index is -1.10. The lowest BCUT2D eigenvalue weighted by Gasteiger charge is -2.39. The van der Waals surface area contributed by atoms with Gasteiger partial charge in [0.05, 0.1) is 13.0 Å².